The van der Waals surface area contributed by atoms with Gasteiger partial charge in [-0.15, -0.1) is 0 Å². The number of nitrogens with zero attached hydrogens (tertiary/aromatic N) is 3. The van der Waals surface area contributed by atoms with Crippen molar-refractivity contribution in [1.82, 2.24) is 14.3 Å². The monoisotopic (exact) mass is 287 g/mol. The molecule has 0 spiro atoms. The van der Waals surface area contributed by atoms with E-state index in [4.69, 9.17) is 9.72 Å². The number of likely N-dealkylation sites (tertiary alicyclic amines) is 1. The van der Waals surface area contributed by atoms with Gasteiger partial charge in [-0.05, 0) is 51.6 Å². The summed E-state index contributed by atoms with van der Waals surface area (Å²) < 4.78 is 7.35. The van der Waals surface area contributed by atoms with Gasteiger partial charge in [-0.25, -0.2) is 4.98 Å². The van der Waals surface area contributed by atoms with Gasteiger partial charge in [-0.2, -0.15) is 0 Å². The van der Waals surface area contributed by atoms with Gasteiger partial charge in [-0.1, -0.05) is 0 Å². The van der Waals surface area contributed by atoms with E-state index in [1.54, 1.807) is 7.11 Å². The lowest BCUT2D eigenvalue weighted by molar-refractivity contribution is 0.139. The van der Waals surface area contributed by atoms with Crippen molar-refractivity contribution in [2.45, 2.75) is 39.2 Å². The van der Waals surface area contributed by atoms with Gasteiger partial charge in [0, 0.05) is 31.0 Å². The first-order chi connectivity index (χ1) is 10.2. The average molecular weight is 287 g/mol. The average Bonchev–Trinajstić information content (AvgIpc) is 2.88. The molecular formula is C17H25N3O. The van der Waals surface area contributed by atoms with Crippen molar-refractivity contribution in [2.75, 3.05) is 20.2 Å². The van der Waals surface area contributed by atoms with Gasteiger partial charge in [0.25, 0.3) is 0 Å². The minimum atomic E-state index is 0.651. The number of fused-ring (bicyclic) bond motifs is 1. The first kappa shape index (κ1) is 14.4. The molecule has 0 amide bonds. The minimum Gasteiger partial charge on any atom is -0.497 e. The molecule has 4 nitrogen and oxygen atoms in total. The number of imidazole rings is 1. The number of hydrogen-bond acceptors (Lipinski definition) is 3. The molecule has 1 aliphatic heterocycles. The molecule has 0 saturated carbocycles. The summed E-state index contributed by atoms with van der Waals surface area (Å²) in [6, 6.07) is 4.61. The number of aromatic nitrogens is 2. The second-order valence-electron chi connectivity index (χ2n) is 6.37. The Bertz CT molecular complexity index is 605. The van der Waals surface area contributed by atoms with Crippen LogP contribution in [0.5, 0.6) is 5.75 Å². The lowest BCUT2D eigenvalue weighted by atomic mass is 9.93. The van der Waals surface area contributed by atoms with Crippen LogP contribution >= 0.6 is 0 Å². The van der Waals surface area contributed by atoms with E-state index in [2.05, 4.69) is 29.3 Å². The van der Waals surface area contributed by atoms with Crippen LogP contribution in [-0.2, 0) is 6.42 Å². The molecule has 2 aromatic rings. The number of pyridine rings is 1. The summed E-state index contributed by atoms with van der Waals surface area (Å²) in [7, 11) is 1.69. The van der Waals surface area contributed by atoms with E-state index >= 15 is 0 Å². The van der Waals surface area contributed by atoms with Crippen molar-refractivity contribution in [1.29, 1.82) is 0 Å². The van der Waals surface area contributed by atoms with Gasteiger partial charge >= 0.3 is 0 Å². The number of methoxy groups -OCH3 is 1. The van der Waals surface area contributed by atoms with Crippen LogP contribution in [0.15, 0.2) is 24.5 Å². The predicted molar refractivity (Wildman–Crippen MR) is 84.9 cm³/mol. The molecule has 21 heavy (non-hydrogen) atoms. The summed E-state index contributed by atoms with van der Waals surface area (Å²) in [6.45, 7) is 7.03. The third-order valence-electron chi connectivity index (χ3n) is 4.50. The predicted octanol–water partition coefficient (Wildman–Crippen LogP) is 3.01. The van der Waals surface area contributed by atoms with Crippen LogP contribution in [-0.4, -0.2) is 40.5 Å². The summed E-state index contributed by atoms with van der Waals surface area (Å²) in [5, 5.41) is 0. The Morgan fingerprint density at radius 1 is 1.43 bits per heavy atom. The van der Waals surface area contributed by atoms with E-state index in [-0.39, 0.29) is 0 Å². The molecule has 3 heterocycles. The highest BCUT2D eigenvalue weighted by molar-refractivity contribution is 5.45. The largest absolute Gasteiger partial charge is 0.497 e. The van der Waals surface area contributed by atoms with Gasteiger partial charge in [0.1, 0.15) is 11.4 Å². The maximum absolute atomic E-state index is 5.26. The Kier molecular flexibility index (Phi) is 4.15. The van der Waals surface area contributed by atoms with Gasteiger partial charge < -0.3 is 14.0 Å². The SMILES string of the molecule is COc1ccn2cc(CC3CCCN(C(C)C)C3)nc2c1. The van der Waals surface area contributed by atoms with Crippen LogP contribution in [0.4, 0.5) is 0 Å². The maximum atomic E-state index is 5.26. The Balaban J connectivity index is 1.72. The first-order valence-electron chi connectivity index (χ1n) is 7.91. The van der Waals surface area contributed by atoms with Crippen LogP contribution < -0.4 is 4.74 Å². The number of rotatable bonds is 4. The fourth-order valence-electron chi connectivity index (χ4n) is 3.27. The highest BCUT2D eigenvalue weighted by Crippen LogP contribution is 2.23. The third-order valence-corrected chi connectivity index (χ3v) is 4.50. The Morgan fingerprint density at radius 2 is 2.29 bits per heavy atom. The van der Waals surface area contributed by atoms with Crippen molar-refractivity contribution in [3.8, 4) is 5.75 Å². The summed E-state index contributed by atoms with van der Waals surface area (Å²) >= 11 is 0. The standard InChI is InChI=1S/C17H25N3O/c1-13(2)19-7-4-5-14(11-19)9-15-12-20-8-6-16(21-3)10-17(20)18-15/h6,8,10,12-14H,4-5,7,9,11H2,1-3H3. The quantitative estimate of drug-likeness (QED) is 0.866. The van der Waals surface area contributed by atoms with Gasteiger partial charge in [0.15, 0.2) is 0 Å². The normalized spacial score (nSPS) is 20.3. The molecule has 4 heteroatoms. The zero-order valence-corrected chi connectivity index (χ0v) is 13.2. The Labute approximate surface area is 126 Å². The van der Waals surface area contributed by atoms with E-state index < -0.39 is 0 Å². The van der Waals surface area contributed by atoms with E-state index in [0.29, 0.717) is 6.04 Å². The molecule has 0 radical (unpaired) electrons. The molecule has 1 atom stereocenters. The summed E-state index contributed by atoms with van der Waals surface area (Å²) in [5.74, 6) is 1.59. The highest BCUT2D eigenvalue weighted by atomic mass is 16.5. The van der Waals surface area contributed by atoms with Gasteiger partial charge in [-0.3, -0.25) is 0 Å². The summed E-state index contributed by atoms with van der Waals surface area (Å²) in [4.78, 5) is 7.34. The Morgan fingerprint density at radius 3 is 3.05 bits per heavy atom. The second-order valence-corrected chi connectivity index (χ2v) is 6.37. The van der Waals surface area contributed by atoms with E-state index in [1.165, 1.54) is 31.6 Å². The lowest BCUT2D eigenvalue weighted by Gasteiger charge is -2.35. The molecule has 3 rings (SSSR count). The molecule has 114 valence electrons. The molecule has 1 fully saturated rings. The van der Waals surface area contributed by atoms with Crippen LogP contribution in [0.25, 0.3) is 5.65 Å². The molecule has 0 bridgehead atoms. The van der Waals surface area contributed by atoms with Gasteiger partial charge in [0.05, 0.1) is 12.8 Å². The molecule has 0 aromatic carbocycles. The molecule has 1 saturated heterocycles. The third kappa shape index (κ3) is 3.21. The fraction of sp³-hybridized carbons (Fsp3) is 0.588. The van der Waals surface area contributed by atoms with Crippen molar-refractivity contribution in [3.63, 3.8) is 0 Å². The molecule has 0 aliphatic carbocycles. The van der Waals surface area contributed by atoms with Crippen LogP contribution in [0.1, 0.15) is 32.4 Å². The van der Waals surface area contributed by atoms with E-state index in [9.17, 15) is 0 Å². The number of ether oxygens (including phenoxy) is 1. The molecule has 0 N–H and O–H groups in total. The van der Waals surface area contributed by atoms with Crippen molar-refractivity contribution in [3.05, 3.63) is 30.2 Å². The number of hydrogen-bond donors (Lipinski definition) is 0. The van der Waals surface area contributed by atoms with E-state index in [1.807, 2.05) is 18.3 Å². The van der Waals surface area contributed by atoms with Gasteiger partial charge in [0.2, 0.25) is 0 Å². The smallest absolute Gasteiger partial charge is 0.140 e. The molecule has 1 unspecified atom stereocenters. The van der Waals surface area contributed by atoms with Crippen LogP contribution in [0.3, 0.4) is 0 Å². The summed E-state index contributed by atoms with van der Waals surface area (Å²) in [6.07, 6.45) is 7.88. The maximum Gasteiger partial charge on any atom is 0.140 e. The Hall–Kier alpha value is -1.55. The molecule has 1 aliphatic rings. The topological polar surface area (TPSA) is 29.8 Å². The first-order valence-corrected chi connectivity index (χ1v) is 7.91. The minimum absolute atomic E-state index is 0.651. The van der Waals surface area contributed by atoms with Crippen molar-refractivity contribution < 1.29 is 4.74 Å². The zero-order valence-electron chi connectivity index (χ0n) is 13.2. The summed E-state index contributed by atoms with van der Waals surface area (Å²) in [5.41, 5.74) is 2.17. The van der Waals surface area contributed by atoms with Crippen LogP contribution in [0, 0.1) is 5.92 Å². The molecule has 2 aromatic heterocycles. The number of piperidine rings is 1. The lowest BCUT2D eigenvalue weighted by Crippen LogP contribution is -2.40. The fourth-order valence-corrected chi connectivity index (χ4v) is 3.27. The van der Waals surface area contributed by atoms with Crippen molar-refractivity contribution >= 4 is 5.65 Å². The molecular weight excluding hydrogens is 262 g/mol. The highest BCUT2D eigenvalue weighted by Gasteiger charge is 2.22. The van der Waals surface area contributed by atoms with E-state index in [0.717, 1.165) is 23.7 Å². The van der Waals surface area contributed by atoms with Crippen molar-refractivity contribution in [2.24, 2.45) is 5.92 Å². The van der Waals surface area contributed by atoms with Crippen LogP contribution in [0.2, 0.25) is 0 Å². The second kappa shape index (κ2) is 6.06. The zero-order chi connectivity index (χ0) is 14.8.